The highest BCUT2D eigenvalue weighted by molar-refractivity contribution is 6.12. The molecule has 0 amide bonds. The fraction of sp³-hybridized carbons (Fsp3) is 0. The largest absolute Gasteiger partial charge is 0.455 e. The second-order valence-electron chi connectivity index (χ2n) is 14.1. The van der Waals surface area contributed by atoms with Crippen molar-refractivity contribution in [2.45, 2.75) is 0 Å². The van der Waals surface area contributed by atoms with Gasteiger partial charge in [-0.2, -0.15) is 0 Å². The van der Waals surface area contributed by atoms with Crippen molar-refractivity contribution in [3.8, 4) is 33.4 Å². The van der Waals surface area contributed by atoms with Crippen LogP contribution in [0, 0.1) is 0 Å². The molecule has 3 heteroatoms. The molecular weight excluding hydrogens is 671 g/mol. The molecule has 9 aromatic carbocycles. The summed E-state index contributed by atoms with van der Waals surface area (Å²) in [7, 11) is 0. The molecule has 0 aliphatic carbocycles. The van der Waals surface area contributed by atoms with Crippen molar-refractivity contribution in [2.24, 2.45) is 0 Å². The minimum atomic E-state index is 0.889. The molecule has 0 saturated carbocycles. The van der Waals surface area contributed by atoms with Crippen LogP contribution in [-0.2, 0) is 0 Å². The van der Waals surface area contributed by atoms with Gasteiger partial charge in [0, 0.05) is 49.7 Å². The first-order valence-corrected chi connectivity index (χ1v) is 18.7. The highest BCUT2D eigenvalue weighted by Crippen LogP contribution is 2.43. The maximum atomic E-state index is 6.57. The summed E-state index contributed by atoms with van der Waals surface area (Å²) in [6, 6.07) is 71.0. The summed E-state index contributed by atoms with van der Waals surface area (Å²) in [5.74, 6) is 0. The molecule has 0 fully saturated rings. The third-order valence-corrected chi connectivity index (χ3v) is 10.8. The fourth-order valence-corrected chi connectivity index (χ4v) is 8.21. The molecule has 0 aliphatic rings. The molecule has 2 aromatic heterocycles. The average molecular weight is 704 g/mol. The standard InChI is InChI=1S/C52H33NO2/c1-3-13-40(14-4-1)53(41-15-5-2-6-16-41)42-28-27-34-29-35(25-26-36(34)33-42)37-30-38(43-19-11-21-47-45-17-7-9-23-49(45)54-51(43)47)32-39(31-37)44-20-12-22-48-46-18-8-10-24-50(46)55-52(44)48/h1-33H. The summed E-state index contributed by atoms with van der Waals surface area (Å²) < 4.78 is 13.1. The fourth-order valence-electron chi connectivity index (χ4n) is 8.21. The van der Waals surface area contributed by atoms with Crippen LogP contribution in [-0.4, -0.2) is 0 Å². The molecule has 0 N–H and O–H groups in total. The predicted molar refractivity (Wildman–Crippen MR) is 229 cm³/mol. The average Bonchev–Trinajstić information content (AvgIpc) is 3.83. The molecule has 0 spiro atoms. The van der Waals surface area contributed by atoms with Crippen molar-refractivity contribution in [1.82, 2.24) is 0 Å². The molecule has 0 bridgehead atoms. The Hall–Kier alpha value is -7.36. The van der Waals surface area contributed by atoms with E-state index in [2.05, 4.69) is 181 Å². The van der Waals surface area contributed by atoms with Crippen LogP contribution in [0.5, 0.6) is 0 Å². The third kappa shape index (κ3) is 5.28. The van der Waals surface area contributed by atoms with Gasteiger partial charge in [0.05, 0.1) is 0 Å². The van der Waals surface area contributed by atoms with E-state index in [1.165, 1.54) is 10.8 Å². The molecule has 258 valence electrons. The number of nitrogens with zero attached hydrogens (tertiary/aromatic N) is 1. The Kier molecular flexibility index (Phi) is 7.17. The minimum Gasteiger partial charge on any atom is -0.455 e. The Morgan fingerprint density at radius 1 is 0.291 bits per heavy atom. The van der Waals surface area contributed by atoms with E-state index in [0.717, 1.165) is 94.3 Å². The van der Waals surface area contributed by atoms with Gasteiger partial charge in [-0.25, -0.2) is 0 Å². The van der Waals surface area contributed by atoms with Crippen LogP contribution in [0.15, 0.2) is 209 Å². The van der Waals surface area contributed by atoms with Crippen molar-refractivity contribution in [2.75, 3.05) is 4.90 Å². The molecule has 11 aromatic rings. The Labute approximate surface area is 317 Å². The lowest BCUT2D eigenvalue weighted by molar-refractivity contribution is 0.670. The zero-order valence-electron chi connectivity index (χ0n) is 29.8. The van der Waals surface area contributed by atoms with Crippen LogP contribution in [0.3, 0.4) is 0 Å². The summed E-state index contributed by atoms with van der Waals surface area (Å²) in [5, 5.41) is 6.81. The molecule has 11 rings (SSSR count). The van der Waals surface area contributed by atoms with Crippen molar-refractivity contribution in [1.29, 1.82) is 0 Å². The molecule has 0 aliphatic heterocycles. The third-order valence-electron chi connectivity index (χ3n) is 10.8. The van der Waals surface area contributed by atoms with Crippen molar-refractivity contribution < 1.29 is 8.83 Å². The van der Waals surface area contributed by atoms with Gasteiger partial charge in [0.1, 0.15) is 22.3 Å². The minimum absolute atomic E-state index is 0.889. The van der Waals surface area contributed by atoms with Gasteiger partial charge in [0.2, 0.25) is 0 Å². The molecule has 0 atom stereocenters. The quantitative estimate of drug-likeness (QED) is 0.173. The Balaban J connectivity index is 1.09. The van der Waals surface area contributed by atoms with E-state index in [1.54, 1.807) is 0 Å². The zero-order valence-corrected chi connectivity index (χ0v) is 29.8. The Bertz CT molecular complexity index is 3040. The summed E-state index contributed by atoms with van der Waals surface area (Å²) >= 11 is 0. The van der Waals surface area contributed by atoms with Gasteiger partial charge in [-0.15, -0.1) is 0 Å². The number of benzene rings is 9. The van der Waals surface area contributed by atoms with Crippen LogP contribution in [0.25, 0.3) is 88.0 Å². The van der Waals surface area contributed by atoms with Gasteiger partial charge >= 0.3 is 0 Å². The summed E-state index contributed by atoms with van der Waals surface area (Å²) in [6.07, 6.45) is 0. The lowest BCUT2D eigenvalue weighted by atomic mass is 9.91. The number of fused-ring (bicyclic) bond motifs is 7. The van der Waals surface area contributed by atoms with E-state index in [9.17, 15) is 0 Å². The second kappa shape index (κ2) is 12.6. The van der Waals surface area contributed by atoms with Gasteiger partial charge in [-0.05, 0) is 106 Å². The molecule has 0 saturated heterocycles. The zero-order chi connectivity index (χ0) is 36.3. The summed E-state index contributed by atoms with van der Waals surface area (Å²) in [4.78, 5) is 2.31. The number of anilines is 3. The topological polar surface area (TPSA) is 29.5 Å². The van der Waals surface area contributed by atoms with Gasteiger partial charge < -0.3 is 13.7 Å². The lowest BCUT2D eigenvalue weighted by Gasteiger charge is -2.25. The predicted octanol–water partition coefficient (Wildman–Crippen LogP) is 15.1. The van der Waals surface area contributed by atoms with Crippen LogP contribution in [0.4, 0.5) is 17.1 Å². The van der Waals surface area contributed by atoms with Gasteiger partial charge in [-0.3, -0.25) is 0 Å². The SMILES string of the molecule is c1ccc(N(c2ccccc2)c2ccc3cc(-c4cc(-c5cccc6c5oc5ccccc56)cc(-c5cccc6c5oc5ccccc56)c4)ccc3c2)cc1. The molecule has 0 unspecified atom stereocenters. The first-order valence-electron chi connectivity index (χ1n) is 18.7. The first kappa shape index (κ1) is 31.2. The number of para-hydroxylation sites is 6. The van der Waals surface area contributed by atoms with Crippen LogP contribution in [0.2, 0.25) is 0 Å². The van der Waals surface area contributed by atoms with E-state index in [1.807, 2.05) is 24.3 Å². The molecule has 3 nitrogen and oxygen atoms in total. The maximum Gasteiger partial charge on any atom is 0.143 e. The van der Waals surface area contributed by atoms with Crippen molar-refractivity contribution >= 4 is 71.7 Å². The lowest BCUT2D eigenvalue weighted by Crippen LogP contribution is -2.09. The number of furan rings is 2. The van der Waals surface area contributed by atoms with E-state index >= 15 is 0 Å². The highest BCUT2D eigenvalue weighted by atomic mass is 16.3. The summed E-state index contributed by atoms with van der Waals surface area (Å²) in [5.41, 5.74) is 13.4. The van der Waals surface area contributed by atoms with Gasteiger partial charge in [0.15, 0.2) is 0 Å². The normalized spacial score (nSPS) is 11.6. The van der Waals surface area contributed by atoms with Crippen molar-refractivity contribution in [3.63, 3.8) is 0 Å². The molecular formula is C52H33NO2. The number of rotatable bonds is 6. The van der Waals surface area contributed by atoms with Gasteiger partial charge in [-0.1, -0.05) is 127 Å². The smallest absolute Gasteiger partial charge is 0.143 e. The monoisotopic (exact) mass is 703 g/mol. The molecule has 0 radical (unpaired) electrons. The van der Waals surface area contributed by atoms with E-state index in [0.29, 0.717) is 0 Å². The second-order valence-corrected chi connectivity index (χ2v) is 14.1. The Morgan fingerprint density at radius 3 is 1.35 bits per heavy atom. The molecule has 2 heterocycles. The van der Waals surface area contributed by atoms with Crippen LogP contribution < -0.4 is 4.90 Å². The first-order chi connectivity index (χ1) is 27.2. The maximum absolute atomic E-state index is 6.57. The summed E-state index contributed by atoms with van der Waals surface area (Å²) in [6.45, 7) is 0. The van der Waals surface area contributed by atoms with E-state index < -0.39 is 0 Å². The Morgan fingerprint density at radius 2 is 0.764 bits per heavy atom. The highest BCUT2D eigenvalue weighted by Gasteiger charge is 2.18. The number of hydrogen-bond acceptors (Lipinski definition) is 3. The van der Waals surface area contributed by atoms with Gasteiger partial charge in [0.25, 0.3) is 0 Å². The molecule has 55 heavy (non-hydrogen) atoms. The number of hydrogen-bond donors (Lipinski definition) is 0. The van der Waals surface area contributed by atoms with E-state index in [-0.39, 0.29) is 0 Å². The van der Waals surface area contributed by atoms with E-state index in [4.69, 9.17) is 8.83 Å². The van der Waals surface area contributed by atoms with Crippen LogP contribution in [0.1, 0.15) is 0 Å². The van der Waals surface area contributed by atoms with Crippen LogP contribution >= 0.6 is 0 Å². The van der Waals surface area contributed by atoms with Crippen molar-refractivity contribution in [3.05, 3.63) is 200 Å².